The molecule has 5 heterocycles. The first kappa shape index (κ1) is 22.9. The molecule has 5 aliphatic rings. The summed E-state index contributed by atoms with van der Waals surface area (Å²) in [5.41, 5.74) is -1.21. The monoisotopic (exact) mass is 515 g/mol. The number of halogens is 1. The van der Waals surface area contributed by atoms with Crippen LogP contribution in [-0.4, -0.2) is 72.0 Å². The molecular formula is C24H26FN5O7. The number of hydrogen-bond acceptors (Lipinski definition) is 10. The maximum absolute atomic E-state index is 16.3. The van der Waals surface area contributed by atoms with Crippen LogP contribution in [0.2, 0.25) is 0 Å². The van der Waals surface area contributed by atoms with Gasteiger partial charge in [-0.05, 0) is 44.2 Å². The molecule has 4 amide bonds. The molecule has 4 aliphatic heterocycles. The molecule has 37 heavy (non-hydrogen) atoms. The van der Waals surface area contributed by atoms with E-state index in [0.717, 1.165) is 12.8 Å². The largest absolute Gasteiger partial charge is 0.372 e. The number of rotatable bonds is 2. The highest BCUT2D eigenvalue weighted by Gasteiger charge is 2.63. The number of aliphatic hydroxyl groups is 1. The first-order valence-corrected chi connectivity index (χ1v) is 12.5. The van der Waals surface area contributed by atoms with Crippen molar-refractivity contribution in [3.8, 4) is 0 Å². The Bertz CT molecular complexity index is 1340. The fourth-order valence-electron chi connectivity index (χ4n) is 6.74. The number of ether oxygens (including phenoxy) is 2. The zero-order valence-electron chi connectivity index (χ0n) is 20.2. The molecule has 7 rings (SSSR count). The van der Waals surface area contributed by atoms with Crippen molar-refractivity contribution in [2.75, 3.05) is 23.0 Å². The standard InChI is InChI=1S/C24H26FN5O7/c1-9-7-29-16-12(6-24(18(29)10(2)36-9)20(31)26-22(33)27-21(24)32)5-13-17(15(16)25)37-28-19(13)30-14(11-3-4-11)8-35-23(30)34/h5,9-11,14,18,23,34H,3-4,6-8H2,1-2H3,(H2,26,27,31,32,33)/t9-,10+,14-,18-,23?/m1/s1. The summed E-state index contributed by atoms with van der Waals surface area (Å²) < 4.78 is 33.2. The number of urea groups is 1. The molecule has 1 aromatic heterocycles. The Morgan fingerprint density at radius 2 is 1.92 bits per heavy atom. The van der Waals surface area contributed by atoms with E-state index in [4.69, 9.17) is 14.0 Å². The van der Waals surface area contributed by atoms with Gasteiger partial charge in [0.1, 0.15) is 0 Å². The van der Waals surface area contributed by atoms with Gasteiger partial charge in [-0.15, -0.1) is 0 Å². The zero-order chi connectivity index (χ0) is 25.8. The van der Waals surface area contributed by atoms with Crippen molar-refractivity contribution in [3.05, 3.63) is 17.4 Å². The number of barbiturate groups is 1. The summed E-state index contributed by atoms with van der Waals surface area (Å²) in [4.78, 5) is 42.0. The number of benzene rings is 1. The molecule has 1 spiro atoms. The maximum Gasteiger partial charge on any atom is 0.328 e. The van der Waals surface area contributed by atoms with Crippen LogP contribution in [0.1, 0.15) is 32.3 Å². The fourth-order valence-corrected chi connectivity index (χ4v) is 6.74. The molecule has 13 heteroatoms. The Morgan fingerprint density at radius 3 is 2.62 bits per heavy atom. The van der Waals surface area contributed by atoms with E-state index in [1.54, 1.807) is 22.8 Å². The van der Waals surface area contributed by atoms with E-state index in [0.29, 0.717) is 23.5 Å². The van der Waals surface area contributed by atoms with Crippen LogP contribution < -0.4 is 20.4 Å². The number of amides is 4. The van der Waals surface area contributed by atoms with Gasteiger partial charge in [0.05, 0.1) is 42.0 Å². The molecule has 1 aromatic carbocycles. The molecule has 1 unspecified atom stereocenters. The summed E-state index contributed by atoms with van der Waals surface area (Å²) in [6, 6.07) is -0.228. The van der Waals surface area contributed by atoms with Gasteiger partial charge >= 0.3 is 6.03 Å². The molecule has 3 saturated heterocycles. The molecule has 196 valence electrons. The second kappa shape index (κ2) is 7.62. The number of aliphatic hydroxyl groups excluding tert-OH is 1. The third-order valence-corrected chi connectivity index (χ3v) is 8.37. The molecule has 0 bridgehead atoms. The predicted octanol–water partition coefficient (Wildman–Crippen LogP) is 0.749. The van der Waals surface area contributed by atoms with Crippen molar-refractivity contribution in [2.24, 2.45) is 11.3 Å². The summed E-state index contributed by atoms with van der Waals surface area (Å²) >= 11 is 0. The molecule has 12 nitrogen and oxygen atoms in total. The minimum absolute atomic E-state index is 0.0865. The first-order chi connectivity index (χ1) is 17.7. The molecular weight excluding hydrogens is 489 g/mol. The van der Waals surface area contributed by atoms with Crippen LogP contribution in [0.15, 0.2) is 10.6 Å². The SMILES string of the molecule is C[C@@H]1CN2c3c(cc4c(N5C(O)OC[C@@H]5C5CC5)noc4c3F)CC3(C(=O)NC(=O)NC3=O)[C@H]2[C@H](C)O1. The average molecular weight is 515 g/mol. The van der Waals surface area contributed by atoms with E-state index >= 15 is 4.39 Å². The van der Waals surface area contributed by atoms with Crippen molar-refractivity contribution < 1.29 is 37.9 Å². The predicted molar refractivity (Wildman–Crippen MR) is 124 cm³/mol. The van der Waals surface area contributed by atoms with Gasteiger partial charge in [0, 0.05) is 13.0 Å². The second-order valence-corrected chi connectivity index (χ2v) is 10.7. The van der Waals surface area contributed by atoms with E-state index in [1.807, 2.05) is 6.92 Å². The number of hydrogen-bond donors (Lipinski definition) is 3. The topological polar surface area (TPSA) is 146 Å². The molecule has 5 atom stereocenters. The number of nitrogens with zero attached hydrogens (tertiary/aromatic N) is 3. The van der Waals surface area contributed by atoms with Gasteiger partial charge in [-0.2, -0.15) is 0 Å². The molecule has 1 saturated carbocycles. The van der Waals surface area contributed by atoms with Gasteiger partial charge in [-0.1, -0.05) is 5.16 Å². The lowest BCUT2D eigenvalue weighted by Gasteiger charge is -2.55. The van der Waals surface area contributed by atoms with Crippen LogP contribution in [0, 0.1) is 17.2 Å². The van der Waals surface area contributed by atoms with Crippen LogP contribution in [0.25, 0.3) is 11.0 Å². The summed E-state index contributed by atoms with van der Waals surface area (Å²) in [7, 11) is 0. The highest BCUT2D eigenvalue weighted by Crippen LogP contribution is 2.50. The summed E-state index contributed by atoms with van der Waals surface area (Å²) in [5, 5.41) is 19.4. The summed E-state index contributed by atoms with van der Waals surface area (Å²) in [6.07, 6.45) is -0.372. The number of aromatic nitrogens is 1. The van der Waals surface area contributed by atoms with E-state index in [1.165, 1.54) is 0 Å². The Balaban J connectivity index is 1.42. The van der Waals surface area contributed by atoms with Crippen LogP contribution in [0.5, 0.6) is 0 Å². The van der Waals surface area contributed by atoms with E-state index in [9.17, 15) is 19.5 Å². The lowest BCUT2D eigenvalue weighted by molar-refractivity contribution is -0.153. The van der Waals surface area contributed by atoms with Crippen molar-refractivity contribution >= 4 is 40.3 Å². The molecule has 2 aromatic rings. The van der Waals surface area contributed by atoms with Crippen LogP contribution >= 0.6 is 0 Å². The quantitative estimate of drug-likeness (QED) is 0.490. The van der Waals surface area contributed by atoms with Gasteiger partial charge < -0.3 is 24.0 Å². The number of nitrogens with one attached hydrogen (secondary N) is 2. The van der Waals surface area contributed by atoms with Gasteiger partial charge in [-0.25, -0.2) is 9.18 Å². The van der Waals surface area contributed by atoms with Crippen LogP contribution in [0.3, 0.4) is 0 Å². The maximum atomic E-state index is 16.3. The lowest BCUT2D eigenvalue weighted by Crippen LogP contribution is -2.75. The van der Waals surface area contributed by atoms with Gasteiger partial charge in [0.2, 0.25) is 23.8 Å². The van der Waals surface area contributed by atoms with E-state index in [2.05, 4.69) is 15.8 Å². The Labute approximate surface area is 210 Å². The zero-order valence-corrected chi connectivity index (χ0v) is 20.2. The van der Waals surface area contributed by atoms with Gasteiger partial charge in [-0.3, -0.25) is 25.1 Å². The lowest BCUT2D eigenvalue weighted by atomic mass is 9.66. The number of morpholine rings is 1. The minimum Gasteiger partial charge on any atom is -0.372 e. The van der Waals surface area contributed by atoms with Crippen molar-refractivity contribution in [1.82, 2.24) is 15.8 Å². The Kier molecular flexibility index (Phi) is 4.71. The van der Waals surface area contributed by atoms with Crippen molar-refractivity contribution in [1.29, 1.82) is 0 Å². The molecule has 4 fully saturated rings. The van der Waals surface area contributed by atoms with E-state index < -0.39 is 47.6 Å². The average Bonchev–Trinajstić information content (AvgIpc) is 3.48. The fraction of sp³-hybridized carbons (Fsp3) is 0.583. The van der Waals surface area contributed by atoms with E-state index in [-0.39, 0.29) is 42.2 Å². The smallest absolute Gasteiger partial charge is 0.328 e. The third-order valence-electron chi connectivity index (χ3n) is 8.37. The molecule has 3 N–H and O–H groups in total. The Morgan fingerprint density at radius 1 is 1.19 bits per heavy atom. The highest BCUT2D eigenvalue weighted by molar-refractivity contribution is 6.20. The number of anilines is 2. The Hall–Kier alpha value is -3.29. The summed E-state index contributed by atoms with van der Waals surface area (Å²) in [6.45, 7) is 4.08. The normalized spacial score (nSPS) is 33.0. The first-order valence-electron chi connectivity index (χ1n) is 12.5. The second-order valence-electron chi connectivity index (χ2n) is 10.7. The van der Waals surface area contributed by atoms with Crippen molar-refractivity contribution in [2.45, 2.75) is 63.8 Å². The van der Waals surface area contributed by atoms with Crippen LogP contribution in [0.4, 0.5) is 20.7 Å². The molecule has 1 aliphatic carbocycles. The third kappa shape index (κ3) is 3.04. The highest BCUT2D eigenvalue weighted by atomic mass is 19.1. The van der Waals surface area contributed by atoms with Crippen LogP contribution in [-0.2, 0) is 25.5 Å². The summed E-state index contributed by atoms with van der Waals surface area (Å²) in [5.74, 6) is -1.60. The number of carbonyl (C=O) groups excluding carboxylic acids is 3. The number of fused-ring (bicyclic) bond motifs is 5. The molecule has 0 radical (unpaired) electrons. The number of imide groups is 2. The van der Waals surface area contributed by atoms with Gasteiger partial charge in [0.15, 0.2) is 17.1 Å². The number of carbonyl (C=O) groups is 3. The van der Waals surface area contributed by atoms with Crippen molar-refractivity contribution in [3.63, 3.8) is 0 Å². The van der Waals surface area contributed by atoms with Gasteiger partial charge in [0.25, 0.3) is 0 Å². The minimum atomic E-state index is -1.73.